The van der Waals surface area contributed by atoms with Crippen molar-refractivity contribution in [2.45, 2.75) is 83.1 Å². The van der Waals surface area contributed by atoms with E-state index in [9.17, 15) is 0 Å². The van der Waals surface area contributed by atoms with E-state index in [-0.39, 0.29) is 23.4 Å². The van der Waals surface area contributed by atoms with Crippen molar-refractivity contribution >= 4 is 20.2 Å². The number of rotatable bonds is 5. The smallest absolute Gasteiger partial charge is 0.195 e. The van der Waals surface area contributed by atoms with Crippen LogP contribution in [0.25, 0.3) is 0 Å². The molecule has 1 aromatic rings. The summed E-state index contributed by atoms with van der Waals surface area (Å²) in [6, 6.07) is 7.57. The molecule has 0 unspecified atom stereocenters. The second kappa shape index (κ2) is 7.53. The molecule has 0 aromatic heterocycles. The minimum atomic E-state index is -2.02. The third-order valence-corrected chi connectivity index (χ3v) is 10.1. The summed E-state index contributed by atoms with van der Waals surface area (Å²) >= 11 is 0. The van der Waals surface area contributed by atoms with Crippen LogP contribution in [0.2, 0.25) is 18.1 Å². The standard InChI is InChI=1S/C21H33NO5Si/c1-20(2,3)28(7,8)27-19-18-17(25-21(4,5)26-18)16(24-19)13-22-14-9-11-15(23-6)12-10-14/h9-13,16-19H,1-8H3/t16-,17+,18+,19-/m1/s1. The van der Waals surface area contributed by atoms with E-state index in [0.717, 1.165) is 11.4 Å². The lowest BCUT2D eigenvalue weighted by Crippen LogP contribution is -2.47. The van der Waals surface area contributed by atoms with Gasteiger partial charge in [-0.15, -0.1) is 0 Å². The first-order chi connectivity index (χ1) is 12.9. The SMILES string of the molecule is COc1ccc(N=C[C@H]2O[C@H](O[Si](C)(C)C(C)(C)C)[C@H]3OC(C)(C)O[C@H]32)cc1. The van der Waals surface area contributed by atoms with E-state index in [2.05, 4.69) is 38.9 Å². The molecule has 3 rings (SSSR count). The summed E-state index contributed by atoms with van der Waals surface area (Å²) in [6.45, 7) is 14.9. The van der Waals surface area contributed by atoms with Gasteiger partial charge in [-0.1, -0.05) is 20.8 Å². The Bertz CT molecular complexity index is 711. The van der Waals surface area contributed by atoms with E-state index in [1.165, 1.54) is 0 Å². The highest BCUT2D eigenvalue weighted by Crippen LogP contribution is 2.43. The third-order valence-electron chi connectivity index (χ3n) is 5.71. The predicted octanol–water partition coefficient (Wildman–Crippen LogP) is 4.66. The van der Waals surface area contributed by atoms with Gasteiger partial charge in [0.1, 0.15) is 24.1 Å². The zero-order chi connectivity index (χ0) is 20.7. The van der Waals surface area contributed by atoms with Crippen molar-refractivity contribution in [3.05, 3.63) is 24.3 Å². The fourth-order valence-corrected chi connectivity index (χ4v) is 4.23. The Balaban J connectivity index is 1.77. The van der Waals surface area contributed by atoms with E-state index in [1.54, 1.807) is 13.3 Å². The van der Waals surface area contributed by atoms with Crippen LogP contribution in [0.5, 0.6) is 5.75 Å². The maximum absolute atomic E-state index is 6.52. The van der Waals surface area contributed by atoms with Crippen LogP contribution in [0.1, 0.15) is 34.6 Å². The molecule has 0 N–H and O–H groups in total. The molecule has 0 saturated carbocycles. The highest BCUT2D eigenvalue weighted by molar-refractivity contribution is 6.74. The quantitative estimate of drug-likeness (QED) is 0.525. The second-order valence-corrected chi connectivity index (χ2v) is 14.1. The van der Waals surface area contributed by atoms with Gasteiger partial charge in [0.2, 0.25) is 0 Å². The highest BCUT2D eigenvalue weighted by Gasteiger charge is 2.57. The Morgan fingerprint density at radius 3 is 2.25 bits per heavy atom. The molecule has 28 heavy (non-hydrogen) atoms. The lowest BCUT2D eigenvalue weighted by atomic mass is 10.1. The van der Waals surface area contributed by atoms with Crippen molar-refractivity contribution in [1.82, 2.24) is 0 Å². The summed E-state index contributed by atoms with van der Waals surface area (Å²) in [6.07, 6.45) is 0.492. The first-order valence-corrected chi connectivity index (χ1v) is 12.7. The normalized spacial score (nSPS) is 30.0. The zero-order valence-corrected chi connectivity index (χ0v) is 19.2. The van der Waals surface area contributed by atoms with Crippen LogP contribution in [0.4, 0.5) is 5.69 Å². The van der Waals surface area contributed by atoms with Crippen LogP contribution in [-0.2, 0) is 18.6 Å². The van der Waals surface area contributed by atoms with Gasteiger partial charge in [-0.3, -0.25) is 4.99 Å². The minimum absolute atomic E-state index is 0.0795. The summed E-state index contributed by atoms with van der Waals surface area (Å²) < 4.78 is 30.2. The monoisotopic (exact) mass is 407 g/mol. The predicted molar refractivity (Wildman–Crippen MR) is 112 cm³/mol. The van der Waals surface area contributed by atoms with Crippen LogP contribution < -0.4 is 4.74 Å². The van der Waals surface area contributed by atoms with Crippen molar-refractivity contribution in [2.75, 3.05) is 7.11 Å². The lowest BCUT2D eigenvalue weighted by Gasteiger charge is -2.39. The second-order valence-electron chi connectivity index (χ2n) is 9.39. The van der Waals surface area contributed by atoms with Gasteiger partial charge < -0.3 is 23.4 Å². The highest BCUT2D eigenvalue weighted by atomic mass is 28.4. The first kappa shape index (κ1) is 21.5. The van der Waals surface area contributed by atoms with Gasteiger partial charge in [-0.2, -0.15) is 0 Å². The van der Waals surface area contributed by atoms with E-state index in [0.29, 0.717) is 0 Å². The molecule has 156 valence electrons. The minimum Gasteiger partial charge on any atom is -0.497 e. The number of fused-ring (bicyclic) bond motifs is 1. The van der Waals surface area contributed by atoms with Crippen LogP contribution >= 0.6 is 0 Å². The van der Waals surface area contributed by atoms with Gasteiger partial charge in [0, 0.05) is 6.21 Å². The molecule has 0 bridgehead atoms. The van der Waals surface area contributed by atoms with Crippen LogP contribution in [0.15, 0.2) is 29.3 Å². The molecule has 2 heterocycles. The summed E-state index contributed by atoms with van der Waals surface area (Å²) in [4.78, 5) is 4.57. The number of benzene rings is 1. The molecular formula is C21H33NO5Si. The van der Waals surface area contributed by atoms with Gasteiger partial charge >= 0.3 is 0 Å². The van der Waals surface area contributed by atoms with Gasteiger partial charge in [-0.05, 0) is 56.2 Å². The fourth-order valence-electron chi connectivity index (χ4n) is 3.10. The molecule has 2 aliphatic heterocycles. The Morgan fingerprint density at radius 1 is 1.07 bits per heavy atom. The molecule has 2 aliphatic rings. The average molecular weight is 408 g/mol. The fraction of sp³-hybridized carbons (Fsp3) is 0.667. The van der Waals surface area contributed by atoms with Crippen molar-refractivity contribution in [3.63, 3.8) is 0 Å². The molecule has 0 radical (unpaired) electrons. The van der Waals surface area contributed by atoms with Crippen molar-refractivity contribution in [3.8, 4) is 5.75 Å². The molecule has 6 nitrogen and oxygen atoms in total. The van der Waals surface area contributed by atoms with Crippen molar-refractivity contribution in [2.24, 2.45) is 4.99 Å². The van der Waals surface area contributed by atoms with E-state index < -0.39 is 20.4 Å². The average Bonchev–Trinajstić information content (AvgIpc) is 3.06. The Hall–Kier alpha value is -1.25. The van der Waals surface area contributed by atoms with Gasteiger partial charge in [-0.25, -0.2) is 0 Å². The van der Waals surface area contributed by atoms with E-state index >= 15 is 0 Å². The number of aliphatic imine (C=N–C) groups is 1. The lowest BCUT2D eigenvalue weighted by molar-refractivity contribution is -0.207. The molecule has 2 saturated heterocycles. The molecule has 4 atom stereocenters. The third kappa shape index (κ3) is 4.49. The summed E-state index contributed by atoms with van der Waals surface area (Å²) in [5.41, 5.74) is 0.827. The van der Waals surface area contributed by atoms with Crippen molar-refractivity contribution < 1.29 is 23.4 Å². The van der Waals surface area contributed by atoms with Gasteiger partial charge in [0.05, 0.1) is 12.8 Å². The van der Waals surface area contributed by atoms with Gasteiger partial charge in [0.25, 0.3) is 0 Å². The zero-order valence-electron chi connectivity index (χ0n) is 18.2. The Kier molecular flexibility index (Phi) is 5.77. The van der Waals surface area contributed by atoms with Crippen LogP contribution in [0, 0.1) is 0 Å². The topological polar surface area (TPSA) is 58.5 Å². The number of nitrogens with zero attached hydrogens (tertiary/aromatic N) is 1. The molecular weight excluding hydrogens is 374 g/mol. The Morgan fingerprint density at radius 2 is 1.68 bits per heavy atom. The molecule has 2 fully saturated rings. The summed E-state index contributed by atoms with van der Waals surface area (Å²) in [5, 5.41) is 0.0795. The molecule has 0 aliphatic carbocycles. The van der Waals surface area contributed by atoms with E-state index in [1.807, 2.05) is 38.1 Å². The summed E-state index contributed by atoms with van der Waals surface area (Å²) in [7, 11) is -0.377. The Labute approximate surface area is 169 Å². The van der Waals surface area contributed by atoms with Crippen LogP contribution in [-0.4, -0.2) is 52.0 Å². The summed E-state index contributed by atoms with van der Waals surface area (Å²) in [5.74, 6) is 0.133. The largest absolute Gasteiger partial charge is 0.497 e. The number of ether oxygens (including phenoxy) is 4. The first-order valence-electron chi connectivity index (χ1n) is 9.79. The number of methoxy groups -OCH3 is 1. The van der Waals surface area contributed by atoms with Gasteiger partial charge in [0.15, 0.2) is 20.4 Å². The molecule has 1 aromatic carbocycles. The molecule has 7 heteroatoms. The molecule has 0 spiro atoms. The van der Waals surface area contributed by atoms with Crippen LogP contribution in [0.3, 0.4) is 0 Å². The molecule has 0 amide bonds. The maximum Gasteiger partial charge on any atom is 0.195 e. The number of hydrogen-bond acceptors (Lipinski definition) is 6. The number of hydrogen-bond donors (Lipinski definition) is 0. The van der Waals surface area contributed by atoms with Crippen molar-refractivity contribution in [1.29, 1.82) is 0 Å². The maximum atomic E-state index is 6.52. The van der Waals surface area contributed by atoms with E-state index in [4.69, 9.17) is 23.4 Å².